The minimum Gasteiger partial charge on any atom is -0.496 e. The van der Waals surface area contributed by atoms with Gasteiger partial charge in [-0.2, -0.15) is 0 Å². The summed E-state index contributed by atoms with van der Waals surface area (Å²) in [7, 11) is 1.66. The molecule has 0 aromatic heterocycles. The van der Waals surface area contributed by atoms with E-state index in [0.29, 0.717) is 18.2 Å². The summed E-state index contributed by atoms with van der Waals surface area (Å²) < 4.78 is 10.6. The second kappa shape index (κ2) is 4.84. The number of halogens is 1. The van der Waals surface area contributed by atoms with Crippen LogP contribution in [0.15, 0.2) is 12.1 Å². The highest BCUT2D eigenvalue weighted by molar-refractivity contribution is 6.30. The highest BCUT2D eigenvalue weighted by Gasteiger charge is 2.38. The first kappa shape index (κ1) is 12.7. The van der Waals surface area contributed by atoms with Crippen molar-refractivity contribution < 1.29 is 14.6 Å². The van der Waals surface area contributed by atoms with E-state index in [4.69, 9.17) is 21.1 Å². The van der Waals surface area contributed by atoms with Crippen LogP contribution >= 0.6 is 11.6 Å². The third-order valence-electron chi connectivity index (χ3n) is 3.24. The van der Waals surface area contributed by atoms with E-state index < -0.39 is 0 Å². The minimum atomic E-state index is -0.162. The normalized spacial score (nSPS) is 17.6. The van der Waals surface area contributed by atoms with Crippen molar-refractivity contribution in [2.75, 3.05) is 26.9 Å². The van der Waals surface area contributed by atoms with Crippen LogP contribution in [0, 0.1) is 12.3 Å². The fraction of sp³-hybridized carbons (Fsp3) is 0.538. The summed E-state index contributed by atoms with van der Waals surface area (Å²) in [4.78, 5) is 0. The van der Waals surface area contributed by atoms with Crippen LogP contribution in [0.25, 0.3) is 0 Å². The third-order valence-corrected chi connectivity index (χ3v) is 3.46. The molecule has 0 spiro atoms. The molecule has 1 aliphatic heterocycles. The van der Waals surface area contributed by atoms with Crippen LogP contribution in [0.2, 0.25) is 5.02 Å². The van der Waals surface area contributed by atoms with Crippen molar-refractivity contribution in [2.24, 2.45) is 5.41 Å². The fourth-order valence-electron chi connectivity index (χ4n) is 2.27. The minimum absolute atomic E-state index is 0.127. The van der Waals surface area contributed by atoms with E-state index in [9.17, 15) is 5.11 Å². The van der Waals surface area contributed by atoms with Crippen LogP contribution in [0.1, 0.15) is 11.1 Å². The van der Waals surface area contributed by atoms with E-state index in [1.807, 2.05) is 19.1 Å². The van der Waals surface area contributed by atoms with E-state index in [1.54, 1.807) is 7.11 Å². The number of aryl methyl sites for hydroxylation is 1. The van der Waals surface area contributed by atoms with E-state index in [1.165, 1.54) is 0 Å². The Morgan fingerprint density at radius 1 is 1.47 bits per heavy atom. The average Bonchev–Trinajstić information content (AvgIpc) is 2.23. The molecule has 0 amide bonds. The number of ether oxygens (including phenoxy) is 2. The third kappa shape index (κ3) is 2.41. The maximum absolute atomic E-state index is 9.45. The molecule has 1 aromatic rings. The van der Waals surface area contributed by atoms with Crippen LogP contribution in [0.3, 0.4) is 0 Å². The Morgan fingerprint density at radius 2 is 2.18 bits per heavy atom. The molecular formula is C13H17ClO3. The molecule has 1 heterocycles. The zero-order valence-corrected chi connectivity index (χ0v) is 10.9. The molecule has 94 valence electrons. The van der Waals surface area contributed by atoms with Crippen molar-refractivity contribution in [3.05, 3.63) is 28.3 Å². The lowest BCUT2D eigenvalue weighted by atomic mass is 9.80. The van der Waals surface area contributed by atoms with Crippen molar-refractivity contribution in [3.63, 3.8) is 0 Å². The van der Waals surface area contributed by atoms with Gasteiger partial charge in [-0.25, -0.2) is 0 Å². The molecule has 1 N–H and O–H groups in total. The van der Waals surface area contributed by atoms with Crippen molar-refractivity contribution in [3.8, 4) is 5.75 Å². The van der Waals surface area contributed by atoms with Gasteiger partial charge in [-0.1, -0.05) is 11.6 Å². The standard InChI is InChI=1S/C13H17ClO3/c1-9-3-11(14)4-10(12(9)16-2)5-13(6-15)7-17-8-13/h3-4,15H,5-8H2,1-2H3. The Hall–Kier alpha value is -0.770. The zero-order valence-electron chi connectivity index (χ0n) is 10.1. The Labute approximate surface area is 106 Å². The van der Waals surface area contributed by atoms with Crippen molar-refractivity contribution in [2.45, 2.75) is 13.3 Å². The Balaban J connectivity index is 2.31. The molecule has 1 fully saturated rings. The molecule has 1 aromatic carbocycles. The van der Waals surface area contributed by atoms with E-state index >= 15 is 0 Å². The SMILES string of the molecule is COc1c(C)cc(Cl)cc1CC1(CO)COC1. The highest BCUT2D eigenvalue weighted by Crippen LogP contribution is 2.36. The number of hydrogen-bond donors (Lipinski definition) is 1. The molecule has 0 bridgehead atoms. The molecular weight excluding hydrogens is 240 g/mol. The molecule has 17 heavy (non-hydrogen) atoms. The number of hydrogen-bond acceptors (Lipinski definition) is 3. The second-order valence-electron chi connectivity index (χ2n) is 4.74. The Morgan fingerprint density at radius 3 is 2.65 bits per heavy atom. The largest absolute Gasteiger partial charge is 0.496 e. The zero-order chi connectivity index (χ0) is 12.5. The molecule has 0 unspecified atom stereocenters. The lowest BCUT2D eigenvalue weighted by molar-refractivity contribution is -0.136. The number of methoxy groups -OCH3 is 1. The van der Waals surface area contributed by atoms with Crippen molar-refractivity contribution >= 4 is 11.6 Å². The van der Waals surface area contributed by atoms with Crippen molar-refractivity contribution in [1.82, 2.24) is 0 Å². The summed E-state index contributed by atoms with van der Waals surface area (Å²) in [5, 5.41) is 10.1. The van der Waals surface area contributed by atoms with E-state index in [-0.39, 0.29) is 12.0 Å². The predicted molar refractivity (Wildman–Crippen MR) is 66.8 cm³/mol. The van der Waals surface area contributed by atoms with Crippen LogP contribution in [0.4, 0.5) is 0 Å². The van der Waals surface area contributed by atoms with Gasteiger partial charge in [0, 0.05) is 10.4 Å². The molecule has 0 radical (unpaired) electrons. The molecule has 0 atom stereocenters. The maximum Gasteiger partial charge on any atom is 0.125 e. The van der Waals surface area contributed by atoms with Gasteiger partial charge in [0.1, 0.15) is 5.75 Å². The lowest BCUT2D eigenvalue weighted by Crippen LogP contribution is -2.47. The molecule has 1 aliphatic rings. The molecule has 0 aliphatic carbocycles. The van der Waals surface area contributed by atoms with Crippen LogP contribution in [-0.2, 0) is 11.2 Å². The van der Waals surface area contributed by atoms with Gasteiger partial charge in [0.05, 0.1) is 26.9 Å². The number of benzene rings is 1. The molecule has 4 heteroatoms. The van der Waals surface area contributed by atoms with Gasteiger partial charge in [0.25, 0.3) is 0 Å². The first-order chi connectivity index (χ1) is 8.10. The molecule has 0 saturated carbocycles. The quantitative estimate of drug-likeness (QED) is 0.898. The van der Waals surface area contributed by atoms with Gasteiger partial charge >= 0.3 is 0 Å². The summed E-state index contributed by atoms with van der Waals surface area (Å²) in [5.74, 6) is 0.856. The van der Waals surface area contributed by atoms with Crippen LogP contribution in [-0.4, -0.2) is 32.0 Å². The second-order valence-corrected chi connectivity index (χ2v) is 5.18. The van der Waals surface area contributed by atoms with Gasteiger partial charge in [-0.3, -0.25) is 0 Å². The van der Waals surface area contributed by atoms with E-state index in [2.05, 4.69) is 0 Å². The van der Waals surface area contributed by atoms with Gasteiger partial charge in [-0.15, -0.1) is 0 Å². The summed E-state index contributed by atoms with van der Waals surface area (Å²) in [6, 6.07) is 3.79. The summed E-state index contributed by atoms with van der Waals surface area (Å²) in [6.07, 6.45) is 0.730. The van der Waals surface area contributed by atoms with Crippen molar-refractivity contribution in [1.29, 1.82) is 0 Å². The first-order valence-electron chi connectivity index (χ1n) is 5.62. The van der Waals surface area contributed by atoms with Gasteiger partial charge in [0.15, 0.2) is 0 Å². The Bertz CT molecular complexity index is 408. The summed E-state index contributed by atoms with van der Waals surface area (Å²) >= 11 is 6.06. The molecule has 3 nitrogen and oxygen atoms in total. The first-order valence-corrected chi connectivity index (χ1v) is 6.00. The lowest BCUT2D eigenvalue weighted by Gasteiger charge is -2.40. The van der Waals surface area contributed by atoms with Gasteiger partial charge in [0.2, 0.25) is 0 Å². The van der Waals surface area contributed by atoms with E-state index in [0.717, 1.165) is 23.3 Å². The monoisotopic (exact) mass is 256 g/mol. The summed E-state index contributed by atoms with van der Waals surface area (Å²) in [6.45, 7) is 3.29. The number of aliphatic hydroxyl groups is 1. The fourth-order valence-corrected chi connectivity index (χ4v) is 2.56. The number of aliphatic hydroxyl groups excluding tert-OH is 1. The van der Waals surface area contributed by atoms with Crippen LogP contribution < -0.4 is 4.74 Å². The van der Waals surface area contributed by atoms with Gasteiger partial charge < -0.3 is 14.6 Å². The Kier molecular flexibility index (Phi) is 3.61. The highest BCUT2D eigenvalue weighted by atomic mass is 35.5. The van der Waals surface area contributed by atoms with Gasteiger partial charge in [-0.05, 0) is 36.6 Å². The maximum atomic E-state index is 9.45. The predicted octanol–water partition coefficient (Wildman–Crippen LogP) is 2.21. The van der Waals surface area contributed by atoms with Crippen LogP contribution in [0.5, 0.6) is 5.75 Å². The molecule has 2 rings (SSSR count). The smallest absolute Gasteiger partial charge is 0.125 e. The number of rotatable bonds is 4. The average molecular weight is 257 g/mol. The topological polar surface area (TPSA) is 38.7 Å². The molecule has 1 saturated heterocycles. The summed E-state index contributed by atoms with van der Waals surface area (Å²) in [5.41, 5.74) is 1.89.